The first-order chi connectivity index (χ1) is 13.8. The summed E-state index contributed by atoms with van der Waals surface area (Å²) in [4.78, 5) is 12.3. The van der Waals surface area contributed by atoms with Crippen molar-refractivity contribution in [3.05, 3.63) is 83.1 Å². The van der Waals surface area contributed by atoms with Gasteiger partial charge in [0.2, 0.25) is 0 Å². The zero-order valence-electron chi connectivity index (χ0n) is 15.1. The second-order valence-electron chi connectivity index (χ2n) is 5.91. The molecule has 0 heterocycles. The van der Waals surface area contributed by atoms with Crippen LogP contribution in [-0.4, -0.2) is 21.4 Å². The number of benzene rings is 3. The van der Waals surface area contributed by atoms with Gasteiger partial charge in [-0.25, -0.2) is 12.8 Å². The predicted molar refractivity (Wildman–Crippen MR) is 110 cm³/mol. The molecule has 2 N–H and O–H groups in total. The minimum Gasteiger partial charge on any atom is -0.495 e. The van der Waals surface area contributed by atoms with Crippen molar-refractivity contribution in [2.45, 2.75) is 4.90 Å². The molecule has 0 bridgehead atoms. The Morgan fingerprint density at radius 2 is 1.69 bits per heavy atom. The quantitative estimate of drug-likeness (QED) is 0.596. The summed E-state index contributed by atoms with van der Waals surface area (Å²) in [5.74, 6) is -0.922. The van der Waals surface area contributed by atoms with Crippen molar-refractivity contribution in [2.75, 3.05) is 17.1 Å². The Morgan fingerprint density at radius 1 is 1.00 bits per heavy atom. The van der Waals surface area contributed by atoms with Crippen LogP contribution in [0.2, 0.25) is 5.02 Å². The van der Waals surface area contributed by atoms with Crippen LogP contribution in [0.15, 0.2) is 71.6 Å². The highest BCUT2D eigenvalue weighted by Crippen LogP contribution is 2.29. The molecule has 3 rings (SSSR count). The van der Waals surface area contributed by atoms with Gasteiger partial charge in [-0.2, -0.15) is 0 Å². The topological polar surface area (TPSA) is 84.5 Å². The fourth-order valence-corrected chi connectivity index (χ4v) is 3.71. The molecule has 0 unspecified atom stereocenters. The lowest BCUT2D eigenvalue weighted by atomic mass is 10.2. The van der Waals surface area contributed by atoms with Crippen molar-refractivity contribution >= 4 is 38.9 Å². The molecule has 0 aliphatic heterocycles. The number of carbonyl (C=O) groups excluding carboxylic acids is 1. The van der Waals surface area contributed by atoms with Gasteiger partial charge < -0.3 is 10.1 Å². The molecule has 150 valence electrons. The minimum absolute atomic E-state index is 0.142. The first kappa shape index (κ1) is 20.6. The molecule has 0 fully saturated rings. The normalized spacial score (nSPS) is 11.0. The van der Waals surface area contributed by atoms with Crippen LogP contribution in [0.4, 0.5) is 15.8 Å². The number of nitrogens with one attached hydrogen (secondary N) is 2. The number of hydrogen-bond donors (Lipinski definition) is 2. The zero-order valence-corrected chi connectivity index (χ0v) is 16.7. The maximum Gasteiger partial charge on any atom is 0.262 e. The van der Waals surface area contributed by atoms with E-state index in [1.54, 1.807) is 12.1 Å². The van der Waals surface area contributed by atoms with Crippen LogP contribution < -0.4 is 14.8 Å². The summed E-state index contributed by atoms with van der Waals surface area (Å²) in [5, 5.41) is 3.09. The zero-order chi connectivity index (χ0) is 21.0. The van der Waals surface area contributed by atoms with Crippen LogP contribution >= 0.6 is 11.6 Å². The highest BCUT2D eigenvalue weighted by Gasteiger charge is 2.19. The Labute approximate surface area is 172 Å². The van der Waals surface area contributed by atoms with Crippen molar-refractivity contribution < 1.29 is 22.3 Å². The van der Waals surface area contributed by atoms with E-state index in [0.29, 0.717) is 10.6 Å². The highest BCUT2D eigenvalue weighted by molar-refractivity contribution is 7.92. The third-order valence-corrected chi connectivity index (χ3v) is 5.57. The molecule has 1 amide bonds. The number of hydrogen-bond acceptors (Lipinski definition) is 4. The smallest absolute Gasteiger partial charge is 0.262 e. The number of sulfonamides is 1. The maximum absolute atomic E-state index is 13.8. The van der Waals surface area contributed by atoms with E-state index in [-0.39, 0.29) is 22.0 Å². The van der Waals surface area contributed by atoms with E-state index in [2.05, 4.69) is 10.0 Å². The average molecular weight is 435 g/mol. The summed E-state index contributed by atoms with van der Waals surface area (Å²) in [6.07, 6.45) is 0. The first-order valence-corrected chi connectivity index (χ1v) is 10.2. The number of para-hydroxylation sites is 1. The molecule has 3 aromatic rings. The van der Waals surface area contributed by atoms with Gasteiger partial charge in [-0.1, -0.05) is 23.7 Å². The molecule has 0 spiro atoms. The van der Waals surface area contributed by atoms with Crippen LogP contribution in [-0.2, 0) is 10.0 Å². The fourth-order valence-electron chi connectivity index (χ4n) is 2.50. The van der Waals surface area contributed by atoms with Gasteiger partial charge >= 0.3 is 0 Å². The molecule has 9 heteroatoms. The molecule has 0 aromatic heterocycles. The lowest BCUT2D eigenvalue weighted by Crippen LogP contribution is -2.16. The van der Waals surface area contributed by atoms with E-state index in [1.165, 1.54) is 55.6 Å². The number of rotatable bonds is 6. The summed E-state index contributed by atoms with van der Waals surface area (Å²) in [6.45, 7) is 0. The number of ether oxygens (including phenoxy) is 1. The summed E-state index contributed by atoms with van der Waals surface area (Å²) in [6, 6.07) is 15.5. The van der Waals surface area contributed by atoms with Crippen molar-refractivity contribution in [1.82, 2.24) is 0 Å². The second kappa shape index (κ2) is 8.50. The molecule has 0 radical (unpaired) electrons. The van der Waals surface area contributed by atoms with E-state index in [9.17, 15) is 17.6 Å². The number of methoxy groups -OCH3 is 1. The number of halogens is 2. The van der Waals surface area contributed by atoms with Crippen LogP contribution in [0.5, 0.6) is 5.75 Å². The number of anilines is 2. The third kappa shape index (κ3) is 4.85. The monoisotopic (exact) mass is 434 g/mol. The Kier molecular flexibility index (Phi) is 6.05. The Balaban J connectivity index is 1.91. The van der Waals surface area contributed by atoms with Gasteiger partial charge in [0.15, 0.2) is 0 Å². The van der Waals surface area contributed by atoms with Crippen LogP contribution in [0, 0.1) is 5.82 Å². The van der Waals surface area contributed by atoms with Crippen molar-refractivity contribution in [2.24, 2.45) is 0 Å². The lowest BCUT2D eigenvalue weighted by Gasteiger charge is -2.14. The fraction of sp³-hybridized carbons (Fsp3) is 0.0500. The number of amides is 1. The largest absolute Gasteiger partial charge is 0.495 e. The van der Waals surface area contributed by atoms with E-state index >= 15 is 0 Å². The Hall–Kier alpha value is -3.10. The van der Waals surface area contributed by atoms with E-state index in [4.69, 9.17) is 16.3 Å². The van der Waals surface area contributed by atoms with Gasteiger partial charge in [0, 0.05) is 10.6 Å². The molecule has 0 saturated carbocycles. The van der Waals surface area contributed by atoms with Gasteiger partial charge in [0.1, 0.15) is 11.6 Å². The van der Waals surface area contributed by atoms with Crippen molar-refractivity contribution in [1.29, 1.82) is 0 Å². The van der Waals surface area contributed by atoms with Crippen molar-refractivity contribution in [3.63, 3.8) is 0 Å². The van der Waals surface area contributed by atoms with E-state index < -0.39 is 21.7 Å². The van der Waals surface area contributed by atoms with Gasteiger partial charge in [-0.3, -0.25) is 9.52 Å². The molecule has 0 atom stereocenters. The second-order valence-corrected chi connectivity index (χ2v) is 8.03. The van der Waals surface area contributed by atoms with Gasteiger partial charge in [-0.05, 0) is 54.6 Å². The predicted octanol–water partition coefficient (Wildman–Crippen LogP) is 4.54. The minimum atomic E-state index is -4.10. The maximum atomic E-state index is 13.8. The molecule has 3 aromatic carbocycles. The van der Waals surface area contributed by atoms with E-state index in [1.807, 2.05) is 0 Å². The molecule has 0 aliphatic rings. The van der Waals surface area contributed by atoms with Crippen molar-refractivity contribution in [3.8, 4) is 5.75 Å². The lowest BCUT2D eigenvalue weighted by molar-refractivity contribution is 0.102. The van der Waals surface area contributed by atoms with Gasteiger partial charge in [-0.15, -0.1) is 0 Å². The highest BCUT2D eigenvalue weighted by atomic mass is 35.5. The SMILES string of the molecule is COc1ccc(S(=O)(=O)Nc2ccccc2F)cc1NC(=O)c1ccc(Cl)cc1. The molecule has 0 aliphatic carbocycles. The third-order valence-electron chi connectivity index (χ3n) is 3.95. The molecular weight excluding hydrogens is 419 g/mol. The Morgan fingerprint density at radius 3 is 2.34 bits per heavy atom. The number of carbonyl (C=O) groups is 1. The molecule has 6 nitrogen and oxygen atoms in total. The van der Waals surface area contributed by atoms with Crippen LogP contribution in [0.25, 0.3) is 0 Å². The van der Waals surface area contributed by atoms with Gasteiger partial charge in [0.25, 0.3) is 15.9 Å². The van der Waals surface area contributed by atoms with E-state index in [0.717, 1.165) is 6.07 Å². The van der Waals surface area contributed by atoms with Crippen LogP contribution in [0.1, 0.15) is 10.4 Å². The Bertz CT molecular complexity index is 1150. The standard InChI is InChI=1S/C20H16ClFN2O4S/c1-28-19-11-10-15(29(26,27)24-17-5-3-2-4-16(17)22)12-18(19)23-20(25)13-6-8-14(21)9-7-13/h2-12,24H,1H3,(H,23,25). The summed E-state index contributed by atoms with van der Waals surface area (Å²) in [7, 11) is -2.72. The molecule has 29 heavy (non-hydrogen) atoms. The summed E-state index contributed by atoms with van der Waals surface area (Å²) < 4.78 is 46.5. The molecule has 0 saturated heterocycles. The van der Waals surface area contributed by atoms with Gasteiger partial charge in [0.05, 0.1) is 23.4 Å². The first-order valence-electron chi connectivity index (χ1n) is 8.32. The summed E-state index contributed by atoms with van der Waals surface area (Å²) in [5.41, 5.74) is 0.285. The summed E-state index contributed by atoms with van der Waals surface area (Å²) >= 11 is 5.82. The average Bonchev–Trinajstić information content (AvgIpc) is 2.70. The van der Waals surface area contributed by atoms with Crippen LogP contribution in [0.3, 0.4) is 0 Å². The molecular formula is C20H16ClFN2O4S.